The maximum absolute atomic E-state index is 7.50. The smallest absolute Gasteiger partial charge is 0.0533 e. The first kappa shape index (κ1) is 25.8. The Bertz CT molecular complexity index is 271. The number of nitrogens with zero attached hydrogens (tertiary/aromatic N) is 2. The molecule has 8 heteroatoms. The van der Waals surface area contributed by atoms with Gasteiger partial charge in [-0.05, 0) is 12.6 Å². The van der Waals surface area contributed by atoms with Crippen LogP contribution in [0.3, 0.4) is 0 Å². The van der Waals surface area contributed by atoms with Crippen molar-refractivity contribution in [3.63, 3.8) is 0 Å². The van der Waals surface area contributed by atoms with Gasteiger partial charge in [-0.25, -0.2) is 0 Å². The normalized spacial score (nSPS) is 6.61. The molecule has 0 amide bonds. The summed E-state index contributed by atoms with van der Waals surface area (Å²) < 4.78 is 24.4. The van der Waals surface area contributed by atoms with Crippen LogP contribution in [0.1, 0.15) is 0 Å². The van der Waals surface area contributed by atoms with Crippen molar-refractivity contribution < 1.29 is 34.1 Å². The van der Waals surface area contributed by atoms with Crippen LogP contribution in [0.2, 0.25) is 0 Å². The van der Waals surface area contributed by atoms with E-state index >= 15 is 0 Å². The van der Waals surface area contributed by atoms with Gasteiger partial charge in [-0.1, -0.05) is 0 Å². The molecule has 0 saturated heterocycles. The van der Waals surface area contributed by atoms with E-state index < -0.39 is 0 Å². The molecule has 1 aromatic heterocycles. The third-order valence-corrected chi connectivity index (χ3v) is 1.38. The van der Waals surface area contributed by atoms with Gasteiger partial charge in [-0.3, -0.25) is 4.68 Å². The van der Waals surface area contributed by atoms with Crippen LogP contribution in [0, 0.1) is 20.0 Å². The van der Waals surface area contributed by atoms with Gasteiger partial charge in [0.1, 0.15) is 0 Å². The van der Waals surface area contributed by atoms with Gasteiger partial charge in [0.15, 0.2) is 0 Å². The Morgan fingerprint density at radius 2 is 1.67 bits per heavy atom. The zero-order valence-corrected chi connectivity index (χ0v) is 11.4. The summed E-state index contributed by atoms with van der Waals surface area (Å²) in [7, 11) is 0. The fourth-order valence-corrected chi connectivity index (χ4v) is 0.840. The molecule has 2 N–H and O–H groups in total. The molecule has 1 aromatic rings. The van der Waals surface area contributed by atoms with Gasteiger partial charge in [0.2, 0.25) is 0 Å². The fourth-order valence-electron chi connectivity index (χ4n) is 0.840. The zero-order chi connectivity index (χ0) is 13.9. The monoisotopic (exact) mass is 336 g/mol. The standard InChI is InChI=1S/C7H13N4.3CO.Tc/c8-2-4-9-5-7-11-6-1-3-10-11;3*1-2;/h1,3,6,8-9H,2,4-5,7H2;;;;/q-1;;;;/i;;;;1+1. The first-order valence-corrected chi connectivity index (χ1v) is 4.37. The Kier molecular flexibility index (Phi) is 42.6. The third kappa shape index (κ3) is 20.4. The van der Waals surface area contributed by atoms with Crippen LogP contribution in [0.15, 0.2) is 18.5 Å². The van der Waals surface area contributed by atoms with Crippen molar-refractivity contribution >= 4 is 0 Å². The molecule has 7 nitrogen and oxygen atoms in total. The van der Waals surface area contributed by atoms with Gasteiger partial charge < -0.3 is 11.1 Å². The number of aromatic nitrogens is 2. The molecule has 0 atom stereocenters. The maximum atomic E-state index is 7.50. The van der Waals surface area contributed by atoms with Crippen LogP contribution >= 0.6 is 0 Å². The van der Waals surface area contributed by atoms with Crippen LogP contribution in [0.25, 0.3) is 5.73 Å². The maximum Gasteiger partial charge on any atom is 0.0533 e. The van der Waals surface area contributed by atoms with Crippen molar-refractivity contribution in [2.45, 2.75) is 6.54 Å². The van der Waals surface area contributed by atoms with E-state index in [1.54, 1.807) is 6.20 Å². The van der Waals surface area contributed by atoms with Crippen molar-refractivity contribution in [3.05, 3.63) is 44.1 Å². The average Bonchev–Trinajstić information content (AvgIpc) is 2.95. The van der Waals surface area contributed by atoms with Crippen LogP contribution in [-0.4, -0.2) is 29.4 Å². The van der Waals surface area contributed by atoms with Crippen LogP contribution in [-0.2, 0) is 40.6 Å². The number of hydrogen-bond donors (Lipinski definition) is 1. The Morgan fingerprint density at radius 1 is 1.11 bits per heavy atom. The second-order valence-electron chi connectivity index (χ2n) is 2.27. The van der Waals surface area contributed by atoms with Gasteiger partial charge in [0.05, 0.1) is 6.54 Å². The summed E-state index contributed by atoms with van der Waals surface area (Å²) in [4.78, 5) is 0. The quantitative estimate of drug-likeness (QED) is 0.477. The molecule has 0 aromatic carbocycles. The van der Waals surface area contributed by atoms with Gasteiger partial charge in [0, 0.05) is 39.0 Å². The predicted molar refractivity (Wildman–Crippen MR) is 56.1 cm³/mol. The van der Waals surface area contributed by atoms with Crippen LogP contribution in [0.4, 0.5) is 0 Å². The number of hydrogen-bond acceptors (Lipinski definition) is 2. The largest absolute Gasteiger partial charge is 0.676 e. The first-order chi connectivity index (χ1) is 8.43. The Morgan fingerprint density at radius 3 is 2.06 bits per heavy atom. The van der Waals surface area contributed by atoms with Gasteiger partial charge in [-0.15, -0.1) is 6.54 Å². The summed E-state index contributed by atoms with van der Waals surface area (Å²) in [6.45, 7) is 16.5. The molecule has 0 aliphatic carbocycles. The van der Waals surface area contributed by atoms with E-state index in [9.17, 15) is 0 Å². The van der Waals surface area contributed by atoms with Gasteiger partial charge in [0.25, 0.3) is 0 Å². The number of rotatable bonds is 5. The minimum Gasteiger partial charge on any atom is -0.676 e. The van der Waals surface area contributed by atoms with E-state index in [0.29, 0.717) is 6.54 Å². The molecule has 0 saturated carbocycles. The van der Waals surface area contributed by atoms with Crippen molar-refractivity contribution in [2.75, 3.05) is 19.6 Å². The van der Waals surface area contributed by atoms with Crippen molar-refractivity contribution in [1.29, 1.82) is 0 Å². The van der Waals surface area contributed by atoms with E-state index in [1.807, 2.05) is 16.9 Å². The van der Waals surface area contributed by atoms with Crippen LogP contribution in [0.5, 0.6) is 0 Å². The molecular weight excluding hydrogens is 323 g/mol. The van der Waals surface area contributed by atoms with Gasteiger partial charge in [-0.2, -0.15) is 5.10 Å². The van der Waals surface area contributed by atoms with E-state index in [-0.39, 0.29) is 20.1 Å². The van der Waals surface area contributed by atoms with Gasteiger partial charge >= 0.3 is 33.9 Å². The second kappa shape index (κ2) is 29.8. The van der Waals surface area contributed by atoms with Crippen molar-refractivity contribution in [3.8, 4) is 0 Å². The molecule has 99 valence electrons. The van der Waals surface area contributed by atoms with E-state index in [2.05, 4.69) is 30.4 Å². The molecule has 1 heterocycles. The topological polar surface area (TPSA) is 113 Å². The van der Waals surface area contributed by atoms with E-state index in [4.69, 9.17) is 19.7 Å². The summed E-state index contributed by atoms with van der Waals surface area (Å²) in [6.07, 6.45) is 3.70. The van der Waals surface area contributed by atoms with Crippen LogP contribution < -0.4 is 5.32 Å². The summed E-state index contributed by atoms with van der Waals surface area (Å²) >= 11 is 0. The first-order valence-electron chi connectivity index (χ1n) is 4.37. The Balaban J connectivity index is -0.000000123. The molecule has 0 spiro atoms. The summed E-state index contributed by atoms with van der Waals surface area (Å²) in [6, 6.07) is 1.91. The second-order valence-corrected chi connectivity index (χ2v) is 2.27. The van der Waals surface area contributed by atoms with E-state index in [0.717, 1.165) is 19.6 Å². The summed E-state index contributed by atoms with van der Waals surface area (Å²) in [5, 5.41) is 7.17. The predicted octanol–water partition coefficient (Wildman–Crippen LogP) is 0.410. The van der Waals surface area contributed by atoms with E-state index in [1.165, 1.54) is 0 Å². The molecule has 18 heavy (non-hydrogen) atoms. The molecule has 0 fully saturated rings. The zero-order valence-electron chi connectivity index (χ0n) is 9.56. The Hall–Kier alpha value is -1.00. The summed E-state index contributed by atoms with van der Waals surface area (Å²) in [5.74, 6) is 0. The SMILES string of the molecule is [99Tc].[C-]#[O+].[C-]#[O+].[C-]#[O+].[NH-]CCNCCn1cccn1. The minimum atomic E-state index is 0. The molecule has 0 bridgehead atoms. The molecule has 0 aliphatic heterocycles. The molecule has 0 unspecified atom stereocenters. The molecule has 1 rings (SSSR count). The Labute approximate surface area is 120 Å². The fraction of sp³-hybridized carbons (Fsp3) is 0.400. The third-order valence-electron chi connectivity index (χ3n) is 1.38. The minimum absolute atomic E-state index is 0. The number of nitrogens with one attached hydrogen (secondary N) is 2. The van der Waals surface area contributed by atoms with Crippen molar-refractivity contribution in [1.82, 2.24) is 15.1 Å². The molecule has 1 radical (unpaired) electrons. The summed E-state index contributed by atoms with van der Waals surface area (Å²) in [5.41, 5.74) is 6.87. The molecular formula is C10H13N4O3Tc-. The molecule has 0 aliphatic rings. The van der Waals surface area contributed by atoms with Crippen molar-refractivity contribution in [2.24, 2.45) is 0 Å². The average molecular weight is 336 g/mol.